The highest BCUT2D eigenvalue weighted by Gasteiger charge is 2.42. The molecule has 6 heteroatoms. The smallest absolute Gasteiger partial charge is 0.162 e. The molecule has 1 atom stereocenters. The number of nitrogens with one attached hydrogen (secondary N) is 1. The quantitative estimate of drug-likeness (QED) is 0.228. The molecule has 0 spiro atoms. The topological polar surface area (TPSA) is 65.4 Å². The average Bonchev–Trinajstić information content (AvgIpc) is 3.33. The lowest BCUT2D eigenvalue weighted by molar-refractivity contribution is -0.115. The van der Waals surface area contributed by atoms with Crippen molar-refractivity contribution in [2.24, 2.45) is 0 Å². The van der Waals surface area contributed by atoms with Crippen molar-refractivity contribution in [1.82, 2.24) is 9.78 Å². The van der Waals surface area contributed by atoms with Crippen LogP contribution in [0.25, 0.3) is 0 Å². The molecule has 2 aliphatic rings. The number of allylic oxidation sites excluding steroid dienone is 2. The molecular formula is C39H45N3O3. The van der Waals surface area contributed by atoms with Crippen LogP contribution in [-0.2, 0) is 29.0 Å². The van der Waals surface area contributed by atoms with E-state index in [0.29, 0.717) is 31.1 Å². The molecule has 4 aromatic rings. The van der Waals surface area contributed by atoms with Crippen molar-refractivity contribution >= 4 is 11.6 Å². The number of ketones is 1. The van der Waals surface area contributed by atoms with Gasteiger partial charge in [0.2, 0.25) is 0 Å². The summed E-state index contributed by atoms with van der Waals surface area (Å²) in [4.78, 5) is 13.9. The van der Waals surface area contributed by atoms with E-state index >= 15 is 0 Å². The summed E-state index contributed by atoms with van der Waals surface area (Å²) in [6.45, 7) is 14.0. The first-order chi connectivity index (χ1) is 21.5. The first-order valence-electron chi connectivity index (χ1n) is 16.2. The first kappa shape index (κ1) is 30.7. The minimum Gasteiger partial charge on any atom is -0.485 e. The Hall–Kier alpha value is -4.32. The molecule has 3 aromatic carbocycles. The molecule has 0 saturated heterocycles. The van der Waals surface area contributed by atoms with Crippen molar-refractivity contribution in [1.29, 1.82) is 0 Å². The first-order valence-corrected chi connectivity index (χ1v) is 16.2. The van der Waals surface area contributed by atoms with E-state index in [9.17, 15) is 4.79 Å². The van der Waals surface area contributed by atoms with E-state index in [0.717, 1.165) is 64.3 Å². The maximum atomic E-state index is 13.9. The van der Waals surface area contributed by atoms with E-state index in [1.54, 1.807) is 0 Å². The standard InChI is InChI=1S/C39H45N3O3/c1-38(2,3)36-35-33(34-29(19-13-14-20-30(34)43)40-37(35)42(41-36)39(4,5)6)28-21-22-31(44-24-26-15-9-7-10-16-26)32(23-28)45-25-27-17-11-8-12-18-27/h7-12,15-18,21-23,33,40H,13-14,19-20,24-25H2,1-6H3. The van der Waals surface area contributed by atoms with Gasteiger partial charge in [-0.2, -0.15) is 5.10 Å². The predicted octanol–water partition coefficient (Wildman–Crippen LogP) is 9.05. The Balaban J connectivity index is 1.50. The van der Waals surface area contributed by atoms with Crippen molar-refractivity contribution in [2.45, 2.75) is 97.3 Å². The molecule has 1 aromatic heterocycles. The predicted molar refractivity (Wildman–Crippen MR) is 180 cm³/mol. The number of rotatable bonds is 7. The van der Waals surface area contributed by atoms with Gasteiger partial charge in [-0.15, -0.1) is 0 Å². The van der Waals surface area contributed by atoms with E-state index in [1.165, 1.54) is 0 Å². The van der Waals surface area contributed by atoms with Crippen LogP contribution in [-0.4, -0.2) is 15.6 Å². The third-order valence-corrected chi connectivity index (χ3v) is 8.60. The molecule has 1 N–H and O–H groups in total. The van der Waals surface area contributed by atoms with Crippen LogP contribution in [0.3, 0.4) is 0 Å². The Kier molecular flexibility index (Phi) is 8.34. The number of carbonyl (C=O) groups is 1. The Morgan fingerprint density at radius 3 is 2.00 bits per heavy atom. The van der Waals surface area contributed by atoms with Crippen molar-refractivity contribution in [3.05, 3.63) is 118 Å². The van der Waals surface area contributed by atoms with Gasteiger partial charge >= 0.3 is 0 Å². The highest BCUT2D eigenvalue weighted by molar-refractivity contribution is 6.00. The fraction of sp³-hybridized carbons (Fsp3) is 0.385. The van der Waals surface area contributed by atoms with E-state index in [1.807, 2.05) is 42.5 Å². The number of nitrogens with zero attached hydrogens (tertiary/aromatic N) is 2. The molecule has 0 amide bonds. The zero-order chi connectivity index (χ0) is 31.8. The highest BCUT2D eigenvalue weighted by atomic mass is 16.5. The van der Waals surface area contributed by atoms with Gasteiger partial charge < -0.3 is 14.8 Å². The van der Waals surface area contributed by atoms with E-state index < -0.39 is 0 Å². The maximum absolute atomic E-state index is 13.9. The second-order valence-electron chi connectivity index (χ2n) is 14.3. The number of fused-ring (bicyclic) bond motifs is 1. The molecular weight excluding hydrogens is 558 g/mol. The van der Waals surface area contributed by atoms with E-state index in [4.69, 9.17) is 14.6 Å². The number of hydrogen-bond acceptors (Lipinski definition) is 5. The number of aromatic nitrogens is 2. The van der Waals surface area contributed by atoms with Crippen molar-refractivity contribution < 1.29 is 14.3 Å². The summed E-state index contributed by atoms with van der Waals surface area (Å²) in [5, 5.41) is 9.01. The van der Waals surface area contributed by atoms with Crippen LogP contribution in [0.2, 0.25) is 0 Å². The fourth-order valence-corrected chi connectivity index (χ4v) is 6.38. The molecule has 6 rings (SSSR count). The summed E-state index contributed by atoms with van der Waals surface area (Å²) < 4.78 is 15.0. The Morgan fingerprint density at radius 1 is 0.800 bits per heavy atom. The maximum Gasteiger partial charge on any atom is 0.162 e. The third-order valence-electron chi connectivity index (χ3n) is 8.60. The molecule has 1 aliphatic carbocycles. The lowest BCUT2D eigenvalue weighted by Crippen LogP contribution is -2.29. The molecule has 45 heavy (non-hydrogen) atoms. The molecule has 1 aliphatic heterocycles. The van der Waals surface area contributed by atoms with Crippen LogP contribution < -0.4 is 14.8 Å². The second kappa shape index (κ2) is 12.2. The van der Waals surface area contributed by atoms with Crippen molar-refractivity contribution in [3.63, 3.8) is 0 Å². The number of benzene rings is 3. The monoisotopic (exact) mass is 603 g/mol. The number of ether oxygens (including phenoxy) is 2. The Bertz CT molecular complexity index is 1710. The van der Waals surface area contributed by atoms with Crippen LogP contribution in [0.4, 0.5) is 5.82 Å². The Labute approximate surface area is 267 Å². The van der Waals surface area contributed by atoms with Gasteiger partial charge in [-0.25, -0.2) is 4.68 Å². The summed E-state index contributed by atoms with van der Waals surface area (Å²) in [5.41, 5.74) is 6.66. The van der Waals surface area contributed by atoms with Crippen LogP contribution in [0.15, 0.2) is 90.1 Å². The lowest BCUT2D eigenvalue weighted by atomic mass is 9.75. The van der Waals surface area contributed by atoms with Crippen molar-refractivity contribution in [2.75, 3.05) is 5.32 Å². The zero-order valence-corrected chi connectivity index (χ0v) is 27.4. The fourth-order valence-electron chi connectivity index (χ4n) is 6.38. The molecule has 0 bridgehead atoms. The van der Waals surface area contributed by atoms with Gasteiger partial charge in [0, 0.05) is 34.6 Å². The van der Waals surface area contributed by atoms with E-state index in [2.05, 4.69) is 87.9 Å². The van der Waals surface area contributed by atoms with Gasteiger partial charge in [-0.05, 0) is 68.9 Å². The number of anilines is 1. The molecule has 6 nitrogen and oxygen atoms in total. The number of hydrogen-bond donors (Lipinski definition) is 1. The normalized spacial score (nSPS) is 16.8. The molecule has 2 heterocycles. The van der Waals surface area contributed by atoms with Gasteiger partial charge in [0.25, 0.3) is 0 Å². The second-order valence-corrected chi connectivity index (χ2v) is 14.3. The summed E-state index contributed by atoms with van der Waals surface area (Å²) >= 11 is 0. The number of Topliss-reactive ketones (excluding diaryl/α,β-unsaturated/α-hetero) is 1. The number of carbonyl (C=O) groups excluding carboxylic acids is 1. The lowest BCUT2D eigenvalue weighted by Gasteiger charge is -2.33. The molecule has 0 radical (unpaired) electrons. The van der Waals surface area contributed by atoms with Gasteiger partial charge in [-0.3, -0.25) is 4.79 Å². The summed E-state index contributed by atoms with van der Waals surface area (Å²) in [5.74, 6) is 2.27. The minimum atomic E-state index is -0.269. The molecule has 1 unspecified atom stereocenters. The third kappa shape index (κ3) is 6.42. The summed E-state index contributed by atoms with van der Waals surface area (Å²) in [7, 11) is 0. The van der Waals surface area contributed by atoms with Crippen LogP contribution in [0, 0.1) is 0 Å². The van der Waals surface area contributed by atoms with Gasteiger partial charge in [0.15, 0.2) is 17.3 Å². The summed E-state index contributed by atoms with van der Waals surface area (Å²) in [6.07, 6.45) is 3.27. The van der Waals surface area contributed by atoms with Gasteiger partial charge in [-0.1, -0.05) is 87.5 Å². The average molecular weight is 604 g/mol. The van der Waals surface area contributed by atoms with E-state index in [-0.39, 0.29) is 22.7 Å². The summed E-state index contributed by atoms with van der Waals surface area (Å²) in [6, 6.07) is 26.5. The molecule has 0 saturated carbocycles. The van der Waals surface area contributed by atoms with Crippen LogP contribution >= 0.6 is 0 Å². The Morgan fingerprint density at radius 2 is 1.40 bits per heavy atom. The van der Waals surface area contributed by atoms with Crippen LogP contribution in [0.1, 0.15) is 101 Å². The minimum absolute atomic E-state index is 0.213. The molecule has 234 valence electrons. The van der Waals surface area contributed by atoms with Crippen molar-refractivity contribution in [3.8, 4) is 11.5 Å². The highest BCUT2D eigenvalue weighted by Crippen LogP contribution is 2.50. The van der Waals surface area contributed by atoms with Gasteiger partial charge in [0.05, 0.1) is 11.2 Å². The zero-order valence-electron chi connectivity index (χ0n) is 27.4. The van der Waals surface area contributed by atoms with Gasteiger partial charge in [0.1, 0.15) is 19.0 Å². The molecule has 0 fully saturated rings. The SMILES string of the molecule is CC(C)(C)c1nn(C(C)(C)C)c2c1C(c1ccc(OCc3ccccc3)c(OCc3ccccc3)c1)C1=C(CCCCC1=O)N2. The largest absolute Gasteiger partial charge is 0.485 e. The van der Waals surface area contributed by atoms with Crippen LogP contribution in [0.5, 0.6) is 11.5 Å².